The molecule has 0 saturated heterocycles. The Balaban J connectivity index is 1.58. The third-order valence-electron chi connectivity index (χ3n) is 6.70. The van der Waals surface area contributed by atoms with Crippen molar-refractivity contribution in [2.24, 2.45) is 0 Å². The van der Waals surface area contributed by atoms with Crippen LogP contribution >= 0.6 is 0 Å². The van der Waals surface area contributed by atoms with Crippen LogP contribution in [0.4, 0.5) is 5.69 Å². The van der Waals surface area contributed by atoms with Crippen LogP contribution < -0.4 is 23.8 Å². The molecule has 0 saturated carbocycles. The molecule has 0 aliphatic carbocycles. The minimum Gasteiger partial charge on any atom is -0.508 e. The molecule has 1 unspecified atom stereocenters. The minimum absolute atomic E-state index is 0.101. The number of fused-ring (bicyclic) bond motifs is 2. The molecule has 3 aliphatic heterocycles. The first-order valence-corrected chi connectivity index (χ1v) is 11.3. The number of cyclic esters (lactones) is 1. The van der Waals surface area contributed by atoms with Gasteiger partial charge in [-0.25, -0.2) is 4.79 Å². The quantitative estimate of drug-likeness (QED) is 0.518. The van der Waals surface area contributed by atoms with Gasteiger partial charge in [-0.15, -0.1) is 0 Å². The van der Waals surface area contributed by atoms with Crippen molar-refractivity contribution in [3.05, 3.63) is 76.5 Å². The van der Waals surface area contributed by atoms with Crippen LogP contribution in [0.3, 0.4) is 0 Å². The average Bonchev–Trinajstić information content (AvgIpc) is 3.49. The average molecular weight is 489 g/mol. The third-order valence-corrected chi connectivity index (χ3v) is 6.70. The van der Waals surface area contributed by atoms with Crippen LogP contribution in [0, 0.1) is 0 Å². The van der Waals surface area contributed by atoms with E-state index in [1.54, 1.807) is 30.3 Å². The Morgan fingerprint density at radius 3 is 2.39 bits per heavy atom. The first kappa shape index (κ1) is 22.0. The van der Waals surface area contributed by atoms with E-state index in [0.717, 1.165) is 16.8 Å². The maximum atomic E-state index is 13.1. The fourth-order valence-corrected chi connectivity index (χ4v) is 5.07. The van der Waals surface area contributed by atoms with Crippen molar-refractivity contribution in [2.45, 2.75) is 12.5 Å². The Morgan fingerprint density at radius 2 is 1.69 bits per heavy atom. The normalized spacial score (nSPS) is 17.6. The molecule has 9 nitrogen and oxygen atoms in total. The number of phenolic OH excluding ortho intramolecular Hbond substituents is 2. The van der Waals surface area contributed by atoms with Gasteiger partial charge in [0, 0.05) is 24.2 Å². The number of carbonyl (C=O) groups is 1. The van der Waals surface area contributed by atoms with E-state index in [4.69, 9.17) is 23.7 Å². The van der Waals surface area contributed by atoms with Gasteiger partial charge in [0.05, 0.1) is 25.5 Å². The molecule has 9 heteroatoms. The maximum absolute atomic E-state index is 13.1. The molecule has 184 valence electrons. The Kier molecular flexibility index (Phi) is 5.06. The second-order valence-electron chi connectivity index (χ2n) is 8.66. The number of phenols is 2. The summed E-state index contributed by atoms with van der Waals surface area (Å²) in [6.45, 7) is 0.598. The Bertz CT molecular complexity index is 1400. The van der Waals surface area contributed by atoms with Crippen LogP contribution in [0.2, 0.25) is 0 Å². The van der Waals surface area contributed by atoms with Gasteiger partial charge in [0.25, 0.3) is 0 Å². The number of rotatable bonds is 5. The number of ether oxygens (including phenoxy) is 5. The molecule has 2 N–H and O–H groups in total. The Labute approximate surface area is 206 Å². The zero-order valence-corrected chi connectivity index (χ0v) is 19.6. The first-order chi connectivity index (χ1) is 17.5. The van der Waals surface area contributed by atoms with E-state index in [-0.39, 0.29) is 36.4 Å². The molecule has 3 aromatic carbocycles. The van der Waals surface area contributed by atoms with Crippen molar-refractivity contribution in [1.82, 2.24) is 0 Å². The summed E-state index contributed by atoms with van der Waals surface area (Å²) in [5.74, 6) is 0.690. The van der Waals surface area contributed by atoms with Crippen molar-refractivity contribution < 1.29 is 38.7 Å². The molecule has 1 atom stereocenters. The minimum atomic E-state index is -0.539. The Hall–Kier alpha value is -4.53. The van der Waals surface area contributed by atoms with Gasteiger partial charge in [0.1, 0.15) is 12.4 Å². The molecule has 0 bridgehead atoms. The molecule has 3 aliphatic rings. The van der Waals surface area contributed by atoms with E-state index in [1.807, 2.05) is 23.1 Å². The monoisotopic (exact) mass is 489 g/mol. The van der Waals surface area contributed by atoms with Crippen molar-refractivity contribution in [2.75, 3.05) is 32.5 Å². The molecule has 0 fully saturated rings. The van der Waals surface area contributed by atoms with Crippen LogP contribution in [-0.2, 0) is 16.1 Å². The molecular weight excluding hydrogens is 466 g/mol. The van der Waals surface area contributed by atoms with E-state index >= 15 is 0 Å². The van der Waals surface area contributed by atoms with E-state index in [1.165, 1.54) is 14.2 Å². The highest BCUT2D eigenvalue weighted by molar-refractivity contribution is 5.98. The summed E-state index contributed by atoms with van der Waals surface area (Å²) >= 11 is 0. The van der Waals surface area contributed by atoms with Crippen LogP contribution in [0.5, 0.6) is 34.5 Å². The fourth-order valence-electron chi connectivity index (χ4n) is 5.07. The molecule has 0 spiro atoms. The molecule has 0 amide bonds. The number of esters is 1. The molecule has 6 rings (SSSR count). The highest BCUT2D eigenvalue weighted by Crippen LogP contribution is 2.53. The van der Waals surface area contributed by atoms with Gasteiger partial charge in [0.2, 0.25) is 12.5 Å². The smallest absolute Gasteiger partial charge is 0.337 e. The van der Waals surface area contributed by atoms with Gasteiger partial charge in [-0.2, -0.15) is 0 Å². The van der Waals surface area contributed by atoms with Crippen molar-refractivity contribution in [1.29, 1.82) is 0 Å². The summed E-state index contributed by atoms with van der Waals surface area (Å²) < 4.78 is 27.7. The van der Waals surface area contributed by atoms with Crippen LogP contribution in [0.15, 0.2) is 59.8 Å². The van der Waals surface area contributed by atoms with Gasteiger partial charge >= 0.3 is 5.97 Å². The van der Waals surface area contributed by atoms with Crippen LogP contribution in [0.1, 0.15) is 22.6 Å². The second-order valence-corrected chi connectivity index (χ2v) is 8.66. The second kappa shape index (κ2) is 8.30. The van der Waals surface area contributed by atoms with E-state index in [0.29, 0.717) is 34.9 Å². The number of benzene rings is 3. The topological polar surface area (TPSA) is 107 Å². The highest BCUT2D eigenvalue weighted by atomic mass is 16.7. The summed E-state index contributed by atoms with van der Waals surface area (Å²) in [4.78, 5) is 15.2. The third kappa shape index (κ3) is 3.35. The van der Waals surface area contributed by atoms with Gasteiger partial charge in [0.15, 0.2) is 23.0 Å². The number of carbonyl (C=O) groups excluding carboxylic acids is 1. The Morgan fingerprint density at radius 1 is 0.972 bits per heavy atom. The van der Waals surface area contributed by atoms with Gasteiger partial charge < -0.3 is 38.8 Å². The molecule has 36 heavy (non-hydrogen) atoms. The number of hydrogen-bond donors (Lipinski definition) is 2. The maximum Gasteiger partial charge on any atom is 0.337 e. The van der Waals surface area contributed by atoms with E-state index < -0.39 is 11.9 Å². The van der Waals surface area contributed by atoms with Gasteiger partial charge in [-0.05, 0) is 47.0 Å². The number of anilines is 1. The lowest BCUT2D eigenvalue weighted by atomic mass is 9.80. The largest absolute Gasteiger partial charge is 0.508 e. The van der Waals surface area contributed by atoms with Gasteiger partial charge in [-0.3, -0.25) is 0 Å². The summed E-state index contributed by atoms with van der Waals surface area (Å²) in [5, 5.41) is 20.5. The molecule has 3 aromatic rings. The first-order valence-electron chi connectivity index (χ1n) is 11.3. The number of hydrogen-bond acceptors (Lipinski definition) is 9. The van der Waals surface area contributed by atoms with Crippen molar-refractivity contribution in [3.63, 3.8) is 0 Å². The lowest BCUT2D eigenvalue weighted by Gasteiger charge is -2.36. The summed E-state index contributed by atoms with van der Waals surface area (Å²) in [6.07, 6.45) is 0. The molecule has 0 radical (unpaired) electrons. The number of nitrogens with zero attached hydrogens (tertiary/aromatic N) is 1. The highest BCUT2D eigenvalue weighted by Gasteiger charge is 2.43. The molecule has 3 heterocycles. The molecular formula is C27H23NO8. The zero-order valence-electron chi connectivity index (χ0n) is 19.6. The summed E-state index contributed by atoms with van der Waals surface area (Å²) in [6, 6.07) is 14.1. The predicted octanol–water partition coefficient (Wildman–Crippen LogP) is 3.81. The summed E-state index contributed by atoms with van der Waals surface area (Å²) in [5.41, 5.74) is 4.35. The standard InChI is InChI=1S/C27H23NO8/c1-32-22-7-15(8-23(33-2)26(22)30)24-17-9-20-21(36-13-35-20)10-18(17)28(19-12-34-27(31)25(19)24)11-14-4-3-5-16(29)6-14/h3-10,24,29-30H,11-13H2,1-2H3. The van der Waals surface area contributed by atoms with E-state index in [9.17, 15) is 15.0 Å². The van der Waals surface area contributed by atoms with Crippen molar-refractivity contribution in [3.8, 4) is 34.5 Å². The van der Waals surface area contributed by atoms with E-state index in [2.05, 4.69) is 0 Å². The lowest BCUT2D eigenvalue weighted by molar-refractivity contribution is -0.136. The zero-order chi connectivity index (χ0) is 25.0. The van der Waals surface area contributed by atoms with Crippen molar-refractivity contribution >= 4 is 11.7 Å². The lowest BCUT2D eigenvalue weighted by Crippen LogP contribution is -2.30. The van der Waals surface area contributed by atoms with Crippen LogP contribution in [0.25, 0.3) is 0 Å². The van der Waals surface area contributed by atoms with Crippen LogP contribution in [-0.4, -0.2) is 43.8 Å². The summed E-state index contributed by atoms with van der Waals surface area (Å²) in [7, 11) is 2.91. The SMILES string of the molecule is COc1cc(C2C3=C(COC3=O)N(Cc3cccc(O)c3)c3cc4c(cc32)OCO4)cc(OC)c1O. The van der Waals surface area contributed by atoms with Gasteiger partial charge in [-0.1, -0.05) is 12.1 Å². The molecule has 0 aromatic heterocycles. The predicted molar refractivity (Wildman–Crippen MR) is 128 cm³/mol. The number of methoxy groups -OCH3 is 2. The number of aromatic hydroxyl groups is 2. The fraction of sp³-hybridized carbons (Fsp3) is 0.222.